The molecule has 1 atom stereocenters. The van der Waals surface area contributed by atoms with Crippen LogP contribution in [0.5, 0.6) is 0 Å². The summed E-state index contributed by atoms with van der Waals surface area (Å²) in [5, 5.41) is 3.63. The van der Waals surface area contributed by atoms with Gasteiger partial charge in [-0.05, 0) is 88.1 Å². The van der Waals surface area contributed by atoms with Crippen molar-refractivity contribution >= 4 is 50.7 Å². The molecule has 0 bridgehead atoms. The summed E-state index contributed by atoms with van der Waals surface area (Å²) >= 11 is 12.4. The fourth-order valence-corrected chi connectivity index (χ4v) is 6.24. The standard InChI is InChI=1S/C31H37Cl2N3O4S/c1-7-27(30(38)34-31(4,5)6)35(19-23-15-16-25(32)26(33)18-23)29(37)20-36(28-17-21(2)13-14-22(28)3)41(39,40)24-11-9-8-10-12-24/h8-18,27H,7,19-20H2,1-6H3,(H,34,38)/t27-/m0/s1. The zero-order valence-electron chi connectivity index (χ0n) is 24.2. The lowest BCUT2D eigenvalue weighted by molar-refractivity contribution is -0.141. The van der Waals surface area contributed by atoms with Crippen molar-refractivity contribution in [1.29, 1.82) is 0 Å². The molecule has 7 nitrogen and oxygen atoms in total. The second kappa shape index (κ2) is 13.3. The normalized spacial score (nSPS) is 12.5. The third-order valence-corrected chi connectivity index (χ3v) is 8.98. The Bertz CT molecular complexity index is 1510. The summed E-state index contributed by atoms with van der Waals surface area (Å²) in [6.07, 6.45) is 0.309. The third-order valence-electron chi connectivity index (χ3n) is 6.46. The second-order valence-electron chi connectivity index (χ2n) is 11.0. The van der Waals surface area contributed by atoms with E-state index in [1.165, 1.54) is 17.0 Å². The van der Waals surface area contributed by atoms with Gasteiger partial charge in [-0.2, -0.15) is 0 Å². The molecular weight excluding hydrogens is 581 g/mol. The molecular formula is C31H37Cl2N3O4S. The summed E-state index contributed by atoms with van der Waals surface area (Å²) in [5.41, 5.74) is 2.04. The van der Waals surface area contributed by atoms with E-state index < -0.39 is 34.1 Å². The highest BCUT2D eigenvalue weighted by atomic mass is 35.5. The molecule has 41 heavy (non-hydrogen) atoms. The van der Waals surface area contributed by atoms with E-state index in [2.05, 4.69) is 5.32 Å². The van der Waals surface area contributed by atoms with Gasteiger partial charge in [0.25, 0.3) is 10.0 Å². The third kappa shape index (κ3) is 8.24. The van der Waals surface area contributed by atoms with Gasteiger partial charge in [-0.3, -0.25) is 13.9 Å². The molecule has 220 valence electrons. The van der Waals surface area contributed by atoms with Crippen molar-refractivity contribution < 1.29 is 18.0 Å². The van der Waals surface area contributed by atoms with E-state index in [1.54, 1.807) is 49.4 Å². The molecule has 0 spiro atoms. The minimum atomic E-state index is -4.14. The molecule has 0 aromatic heterocycles. The number of carbonyl (C=O) groups is 2. The Kier molecular flexibility index (Phi) is 10.5. The van der Waals surface area contributed by atoms with Crippen LogP contribution in [0, 0.1) is 13.8 Å². The zero-order valence-corrected chi connectivity index (χ0v) is 26.6. The molecule has 3 aromatic rings. The minimum Gasteiger partial charge on any atom is -0.350 e. The van der Waals surface area contributed by atoms with E-state index >= 15 is 0 Å². The summed E-state index contributed by atoms with van der Waals surface area (Å²) in [6.45, 7) is 10.6. The number of rotatable bonds is 10. The molecule has 0 aliphatic rings. The van der Waals surface area contributed by atoms with Crippen LogP contribution < -0.4 is 9.62 Å². The first-order valence-corrected chi connectivity index (χ1v) is 15.5. The van der Waals surface area contributed by atoms with Gasteiger partial charge in [-0.1, -0.05) is 66.5 Å². The molecule has 10 heteroatoms. The van der Waals surface area contributed by atoms with Crippen molar-refractivity contribution in [2.75, 3.05) is 10.8 Å². The number of halogens is 2. The number of hydrogen-bond acceptors (Lipinski definition) is 4. The number of sulfonamides is 1. The largest absolute Gasteiger partial charge is 0.350 e. The maximum absolute atomic E-state index is 14.2. The highest BCUT2D eigenvalue weighted by Crippen LogP contribution is 2.29. The van der Waals surface area contributed by atoms with Gasteiger partial charge in [0.05, 0.1) is 20.6 Å². The average Bonchev–Trinajstić information content (AvgIpc) is 2.90. The first kappa shape index (κ1) is 32.4. The van der Waals surface area contributed by atoms with Gasteiger partial charge < -0.3 is 10.2 Å². The molecule has 3 rings (SSSR count). The van der Waals surface area contributed by atoms with Crippen LogP contribution in [-0.4, -0.2) is 43.3 Å². The SMILES string of the molecule is CC[C@@H](C(=O)NC(C)(C)C)N(Cc1ccc(Cl)c(Cl)c1)C(=O)CN(c1cc(C)ccc1C)S(=O)(=O)c1ccccc1. The Morgan fingerprint density at radius 1 is 0.927 bits per heavy atom. The van der Waals surface area contributed by atoms with Crippen LogP contribution in [0.25, 0.3) is 0 Å². The molecule has 0 heterocycles. The van der Waals surface area contributed by atoms with E-state index in [9.17, 15) is 18.0 Å². The first-order valence-electron chi connectivity index (χ1n) is 13.3. The number of anilines is 1. The molecule has 1 N–H and O–H groups in total. The van der Waals surface area contributed by atoms with Gasteiger partial charge in [0, 0.05) is 12.1 Å². The maximum Gasteiger partial charge on any atom is 0.264 e. The second-order valence-corrected chi connectivity index (χ2v) is 13.7. The van der Waals surface area contributed by atoms with Gasteiger partial charge in [0.1, 0.15) is 12.6 Å². The zero-order chi connectivity index (χ0) is 30.5. The lowest BCUT2D eigenvalue weighted by Gasteiger charge is -2.35. The number of nitrogens with zero attached hydrogens (tertiary/aromatic N) is 2. The van der Waals surface area contributed by atoms with Crippen LogP contribution in [0.1, 0.15) is 50.8 Å². The smallest absolute Gasteiger partial charge is 0.264 e. The Labute approximate surface area is 253 Å². The lowest BCUT2D eigenvalue weighted by Crippen LogP contribution is -2.55. The molecule has 0 fully saturated rings. The monoisotopic (exact) mass is 617 g/mol. The molecule has 0 saturated carbocycles. The summed E-state index contributed by atoms with van der Waals surface area (Å²) in [6, 6.07) is 17.6. The Morgan fingerprint density at radius 2 is 1.59 bits per heavy atom. The summed E-state index contributed by atoms with van der Waals surface area (Å²) in [5.74, 6) is -0.870. The van der Waals surface area contributed by atoms with Crippen molar-refractivity contribution in [3.05, 3.63) is 93.5 Å². The molecule has 0 aliphatic carbocycles. The van der Waals surface area contributed by atoms with Crippen molar-refractivity contribution in [2.24, 2.45) is 0 Å². The highest BCUT2D eigenvalue weighted by Gasteiger charge is 2.35. The average molecular weight is 619 g/mol. The number of amides is 2. The molecule has 3 aromatic carbocycles. The Balaban J connectivity index is 2.12. The molecule has 0 unspecified atom stereocenters. The van der Waals surface area contributed by atoms with E-state index in [-0.39, 0.29) is 17.3 Å². The van der Waals surface area contributed by atoms with Crippen molar-refractivity contribution in [3.8, 4) is 0 Å². The summed E-state index contributed by atoms with van der Waals surface area (Å²) in [4.78, 5) is 29.1. The van der Waals surface area contributed by atoms with E-state index in [4.69, 9.17) is 23.2 Å². The van der Waals surface area contributed by atoms with Crippen molar-refractivity contribution in [3.63, 3.8) is 0 Å². The highest BCUT2D eigenvalue weighted by molar-refractivity contribution is 7.92. The quantitative estimate of drug-likeness (QED) is 0.280. The molecule has 0 saturated heterocycles. The maximum atomic E-state index is 14.2. The van der Waals surface area contributed by atoms with Gasteiger partial charge >= 0.3 is 0 Å². The minimum absolute atomic E-state index is 0.0256. The van der Waals surface area contributed by atoms with E-state index in [0.29, 0.717) is 33.3 Å². The van der Waals surface area contributed by atoms with Gasteiger partial charge in [0.2, 0.25) is 11.8 Å². The van der Waals surface area contributed by atoms with Crippen LogP contribution in [0.2, 0.25) is 10.0 Å². The summed E-state index contributed by atoms with van der Waals surface area (Å²) in [7, 11) is -4.14. The fraction of sp³-hybridized carbons (Fsp3) is 0.355. The Hall–Kier alpha value is -3.07. The number of hydrogen-bond donors (Lipinski definition) is 1. The van der Waals surface area contributed by atoms with Crippen LogP contribution in [0.3, 0.4) is 0 Å². The lowest BCUT2D eigenvalue weighted by atomic mass is 10.1. The van der Waals surface area contributed by atoms with Crippen LogP contribution in [0.15, 0.2) is 71.6 Å². The Morgan fingerprint density at radius 3 is 2.17 bits per heavy atom. The number of nitrogens with one attached hydrogen (secondary N) is 1. The van der Waals surface area contributed by atoms with Crippen LogP contribution in [0.4, 0.5) is 5.69 Å². The topological polar surface area (TPSA) is 86.8 Å². The predicted molar refractivity (Wildman–Crippen MR) is 166 cm³/mol. The molecule has 0 aliphatic heterocycles. The first-order chi connectivity index (χ1) is 19.1. The van der Waals surface area contributed by atoms with E-state index in [0.717, 1.165) is 9.87 Å². The number of carbonyl (C=O) groups excluding carboxylic acids is 2. The number of benzene rings is 3. The summed E-state index contributed by atoms with van der Waals surface area (Å²) < 4.78 is 29.1. The van der Waals surface area contributed by atoms with Gasteiger partial charge in [-0.25, -0.2) is 8.42 Å². The van der Waals surface area contributed by atoms with Crippen LogP contribution in [-0.2, 0) is 26.2 Å². The molecule has 0 radical (unpaired) electrons. The van der Waals surface area contributed by atoms with Crippen molar-refractivity contribution in [2.45, 2.75) is 71.0 Å². The van der Waals surface area contributed by atoms with Crippen molar-refractivity contribution in [1.82, 2.24) is 10.2 Å². The fourth-order valence-electron chi connectivity index (χ4n) is 4.43. The molecule has 2 amide bonds. The van der Waals surface area contributed by atoms with Gasteiger partial charge in [-0.15, -0.1) is 0 Å². The van der Waals surface area contributed by atoms with Gasteiger partial charge in [0.15, 0.2) is 0 Å². The predicted octanol–water partition coefficient (Wildman–Crippen LogP) is 6.53. The number of aryl methyl sites for hydroxylation is 2. The van der Waals surface area contributed by atoms with Crippen LogP contribution >= 0.6 is 23.2 Å². The van der Waals surface area contributed by atoms with E-state index in [1.807, 2.05) is 46.8 Å².